The van der Waals surface area contributed by atoms with Crippen LogP contribution in [0.5, 0.6) is 5.75 Å². The van der Waals surface area contributed by atoms with Gasteiger partial charge < -0.3 is 20.1 Å². The molecule has 0 atom stereocenters. The zero-order chi connectivity index (χ0) is 21.6. The van der Waals surface area contributed by atoms with Crippen molar-refractivity contribution >= 4 is 52.3 Å². The van der Waals surface area contributed by atoms with Crippen LogP contribution in [0.25, 0.3) is 0 Å². The summed E-state index contributed by atoms with van der Waals surface area (Å²) in [4.78, 5) is 15.6. The minimum Gasteiger partial charge on any atom is -0.507 e. The Labute approximate surface area is 193 Å². The zero-order valence-corrected chi connectivity index (χ0v) is 19.1. The van der Waals surface area contributed by atoms with E-state index >= 15 is 0 Å². The van der Waals surface area contributed by atoms with Gasteiger partial charge in [-0.25, -0.2) is 5.43 Å². The summed E-state index contributed by atoms with van der Waals surface area (Å²) in [5.41, 5.74) is 5.50. The molecule has 1 aromatic heterocycles. The number of hydrazone groups is 1. The lowest BCUT2D eigenvalue weighted by Gasteiger charge is -2.27. The summed E-state index contributed by atoms with van der Waals surface area (Å²) in [7, 11) is 0. The van der Waals surface area contributed by atoms with Gasteiger partial charge in [0, 0.05) is 27.9 Å². The monoisotopic (exact) mass is 531 g/mol. The van der Waals surface area contributed by atoms with E-state index in [0.29, 0.717) is 49.7 Å². The minimum atomic E-state index is 0.150. The van der Waals surface area contributed by atoms with Crippen molar-refractivity contribution in [3.8, 4) is 5.75 Å². The van der Waals surface area contributed by atoms with Gasteiger partial charge in [0.05, 0.1) is 19.4 Å². The normalized spacial score (nSPS) is 14.1. The number of anilines is 4. The number of hydrogen-bond donors (Lipinski definition) is 3. The van der Waals surface area contributed by atoms with Crippen LogP contribution < -0.4 is 15.6 Å². The third-order valence-corrected chi connectivity index (χ3v) is 5.25. The molecule has 0 bridgehead atoms. The molecule has 0 spiro atoms. The van der Waals surface area contributed by atoms with E-state index in [2.05, 4.69) is 53.4 Å². The third kappa shape index (κ3) is 5.79. The van der Waals surface area contributed by atoms with E-state index in [-0.39, 0.29) is 5.75 Å². The van der Waals surface area contributed by atoms with Crippen molar-refractivity contribution in [3.05, 3.63) is 57.2 Å². The van der Waals surface area contributed by atoms with Crippen LogP contribution in [0.1, 0.15) is 11.1 Å². The van der Waals surface area contributed by atoms with Gasteiger partial charge >= 0.3 is 0 Å². The molecule has 160 valence electrons. The Morgan fingerprint density at radius 3 is 2.58 bits per heavy atom. The van der Waals surface area contributed by atoms with Crippen LogP contribution in [0.2, 0.25) is 0 Å². The van der Waals surface area contributed by atoms with E-state index in [0.717, 1.165) is 9.26 Å². The second-order valence-corrected chi connectivity index (χ2v) is 8.19. The van der Waals surface area contributed by atoms with Gasteiger partial charge in [0.2, 0.25) is 17.8 Å². The van der Waals surface area contributed by atoms with Crippen LogP contribution >= 0.6 is 22.6 Å². The number of nitrogens with zero attached hydrogens (tertiary/aromatic N) is 5. The lowest BCUT2D eigenvalue weighted by molar-refractivity contribution is 0.122. The predicted octanol–water partition coefficient (Wildman–Crippen LogP) is 3.52. The maximum atomic E-state index is 9.98. The second kappa shape index (κ2) is 9.88. The highest BCUT2D eigenvalue weighted by Gasteiger charge is 2.16. The minimum absolute atomic E-state index is 0.150. The summed E-state index contributed by atoms with van der Waals surface area (Å²) in [5, 5.41) is 17.4. The quantitative estimate of drug-likeness (QED) is 0.252. The van der Waals surface area contributed by atoms with Gasteiger partial charge in [-0.3, -0.25) is 0 Å². The van der Waals surface area contributed by atoms with Crippen LogP contribution in [0.15, 0.2) is 47.6 Å². The molecule has 0 saturated carbocycles. The first kappa shape index (κ1) is 21.2. The number of hydrogen-bond acceptors (Lipinski definition) is 9. The Bertz CT molecular complexity index is 1070. The third-order valence-electron chi connectivity index (χ3n) is 4.58. The fourth-order valence-corrected chi connectivity index (χ4v) is 3.45. The molecule has 1 aliphatic rings. The van der Waals surface area contributed by atoms with Gasteiger partial charge in [0.15, 0.2) is 0 Å². The van der Waals surface area contributed by atoms with Gasteiger partial charge in [0.1, 0.15) is 5.75 Å². The number of aromatic nitrogens is 3. The number of morpholine rings is 1. The number of phenolic OH excluding ortho intramolecular Hbond substituents is 1. The Morgan fingerprint density at radius 1 is 1.06 bits per heavy atom. The number of benzene rings is 2. The summed E-state index contributed by atoms with van der Waals surface area (Å²) in [6.07, 6.45) is 1.53. The van der Waals surface area contributed by atoms with Crippen LogP contribution in [-0.4, -0.2) is 52.6 Å². The van der Waals surface area contributed by atoms with E-state index in [1.807, 2.05) is 48.2 Å². The SMILES string of the molecule is Cc1ccc(Nc2nc(N/N=C/c3cc(I)ccc3O)nc(N3CCOCC3)n2)cc1. The molecule has 0 amide bonds. The summed E-state index contributed by atoms with van der Waals surface area (Å²) >= 11 is 2.18. The molecule has 2 aromatic carbocycles. The Hall–Kier alpha value is -2.99. The first-order chi connectivity index (χ1) is 15.1. The van der Waals surface area contributed by atoms with Crippen molar-refractivity contribution in [2.45, 2.75) is 6.92 Å². The molecular formula is C21H22IN7O2. The van der Waals surface area contributed by atoms with Gasteiger partial charge in [-0.2, -0.15) is 20.1 Å². The van der Waals surface area contributed by atoms with Gasteiger partial charge in [-0.05, 0) is 59.8 Å². The molecule has 1 saturated heterocycles. The lowest BCUT2D eigenvalue weighted by Crippen LogP contribution is -2.37. The Kier molecular flexibility index (Phi) is 6.77. The molecule has 1 aliphatic heterocycles. The first-order valence-corrected chi connectivity index (χ1v) is 10.8. The van der Waals surface area contributed by atoms with Crippen molar-refractivity contribution < 1.29 is 9.84 Å². The Morgan fingerprint density at radius 2 is 1.81 bits per heavy atom. The van der Waals surface area contributed by atoms with E-state index in [9.17, 15) is 5.11 Å². The topological polar surface area (TPSA) is 108 Å². The highest BCUT2D eigenvalue weighted by Crippen LogP contribution is 2.20. The molecule has 3 N–H and O–H groups in total. The van der Waals surface area contributed by atoms with E-state index in [4.69, 9.17) is 4.74 Å². The highest BCUT2D eigenvalue weighted by molar-refractivity contribution is 14.1. The number of halogens is 1. The van der Waals surface area contributed by atoms with Crippen molar-refractivity contribution in [3.63, 3.8) is 0 Å². The largest absolute Gasteiger partial charge is 0.507 e. The van der Waals surface area contributed by atoms with Crippen LogP contribution in [0, 0.1) is 10.5 Å². The van der Waals surface area contributed by atoms with Crippen LogP contribution in [-0.2, 0) is 4.74 Å². The number of aromatic hydroxyl groups is 1. The van der Waals surface area contributed by atoms with Crippen molar-refractivity contribution in [1.29, 1.82) is 0 Å². The molecule has 2 heterocycles. The highest BCUT2D eigenvalue weighted by atomic mass is 127. The van der Waals surface area contributed by atoms with Gasteiger partial charge in [0.25, 0.3) is 0 Å². The van der Waals surface area contributed by atoms with Crippen LogP contribution in [0.4, 0.5) is 23.5 Å². The van der Waals surface area contributed by atoms with Crippen LogP contribution in [0.3, 0.4) is 0 Å². The molecule has 3 aromatic rings. The molecule has 1 fully saturated rings. The molecular weight excluding hydrogens is 509 g/mol. The standard InChI is InChI=1S/C21H22IN7O2/c1-14-2-5-17(6-3-14)24-19-25-20(27-21(26-19)29-8-10-31-11-9-29)28-23-13-15-12-16(22)4-7-18(15)30/h2-7,12-13,30H,8-11H2,1H3,(H2,24,25,26,27,28)/b23-13+. The number of rotatable bonds is 6. The predicted molar refractivity (Wildman–Crippen MR) is 129 cm³/mol. The molecule has 31 heavy (non-hydrogen) atoms. The smallest absolute Gasteiger partial charge is 0.250 e. The van der Waals surface area contributed by atoms with Crippen molar-refractivity contribution in [2.75, 3.05) is 41.9 Å². The molecule has 9 nitrogen and oxygen atoms in total. The maximum Gasteiger partial charge on any atom is 0.250 e. The van der Waals surface area contributed by atoms with E-state index in [1.54, 1.807) is 6.07 Å². The number of nitrogens with one attached hydrogen (secondary N) is 2. The zero-order valence-electron chi connectivity index (χ0n) is 16.9. The Balaban J connectivity index is 1.58. The molecule has 0 aliphatic carbocycles. The second-order valence-electron chi connectivity index (χ2n) is 6.95. The average Bonchev–Trinajstić information content (AvgIpc) is 2.78. The molecule has 4 rings (SSSR count). The average molecular weight is 531 g/mol. The van der Waals surface area contributed by atoms with Crippen molar-refractivity contribution in [1.82, 2.24) is 15.0 Å². The summed E-state index contributed by atoms with van der Waals surface area (Å²) < 4.78 is 6.43. The van der Waals surface area contributed by atoms with E-state index < -0.39 is 0 Å². The van der Waals surface area contributed by atoms with Gasteiger partial charge in [-0.1, -0.05) is 17.7 Å². The van der Waals surface area contributed by atoms with Gasteiger partial charge in [-0.15, -0.1) is 0 Å². The summed E-state index contributed by atoms with van der Waals surface area (Å²) in [5.74, 6) is 1.41. The number of ether oxygens (including phenoxy) is 1. The summed E-state index contributed by atoms with van der Waals surface area (Å²) in [6, 6.07) is 13.3. The first-order valence-electron chi connectivity index (χ1n) is 9.77. The maximum absolute atomic E-state index is 9.98. The molecule has 0 radical (unpaired) electrons. The van der Waals surface area contributed by atoms with E-state index in [1.165, 1.54) is 11.8 Å². The lowest BCUT2D eigenvalue weighted by atomic mass is 10.2. The molecule has 10 heteroatoms. The number of phenols is 1. The fraction of sp³-hybridized carbons (Fsp3) is 0.238. The fourth-order valence-electron chi connectivity index (χ4n) is 2.93. The van der Waals surface area contributed by atoms with Crippen molar-refractivity contribution in [2.24, 2.45) is 5.10 Å². The summed E-state index contributed by atoms with van der Waals surface area (Å²) in [6.45, 7) is 4.69. The number of aryl methyl sites for hydroxylation is 1. The molecule has 0 unspecified atom stereocenters.